The summed E-state index contributed by atoms with van der Waals surface area (Å²) in [6.45, 7) is 5.14. The lowest BCUT2D eigenvalue weighted by atomic mass is 10.1. The Kier molecular flexibility index (Phi) is 4.66. The number of nitrogens with zero attached hydrogens (tertiary/aromatic N) is 1. The minimum absolute atomic E-state index is 0.106. The zero-order chi connectivity index (χ0) is 14.7. The summed E-state index contributed by atoms with van der Waals surface area (Å²) in [5.41, 5.74) is 4.49. The molecule has 0 amide bonds. The molecule has 9 heteroatoms. The van der Waals surface area contributed by atoms with E-state index in [0.717, 1.165) is 6.20 Å². The molecule has 0 aromatic carbocycles. The monoisotopic (exact) mass is 290 g/mol. The molecule has 0 aliphatic rings. The van der Waals surface area contributed by atoms with E-state index in [9.17, 15) is 13.2 Å². The number of sulfonamides is 1. The number of rotatable bonds is 6. The molecule has 0 fully saturated rings. The van der Waals surface area contributed by atoms with Crippen LogP contribution in [0.15, 0.2) is 11.2 Å². The van der Waals surface area contributed by atoms with E-state index in [2.05, 4.69) is 14.9 Å². The fraction of sp³-hybridized carbons (Fsp3) is 0.600. The molecule has 108 valence electrons. The third kappa shape index (κ3) is 3.75. The van der Waals surface area contributed by atoms with Gasteiger partial charge in [-0.25, -0.2) is 17.9 Å². The molecule has 1 rings (SSSR count). The third-order valence-electron chi connectivity index (χ3n) is 2.29. The molecule has 19 heavy (non-hydrogen) atoms. The van der Waals surface area contributed by atoms with Gasteiger partial charge in [-0.05, 0) is 20.8 Å². The normalized spacial score (nSPS) is 12.4. The van der Waals surface area contributed by atoms with Crippen LogP contribution >= 0.6 is 0 Å². The number of nitrogens with two attached hydrogens (primary N) is 1. The molecule has 1 aromatic rings. The van der Waals surface area contributed by atoms with Crippen LogP contribution in [0, 0.1) is 0 Å². The van der Waals surface area contributed by atoms with E-state index < -0.39 is 21.5 Å². The Balaban J connectivity index is 3.10. The maximum atomic E-state index is 12.2. The topological polar surface area (TPSA) is 127 Å². The predicted octanol–water partition coefficient (Wildman–Crippen LogP) is -0.398. The maximum Gasteiger partial charge on any atom is 0.342 e. The van der Waals surface area contributed by atoms with Gasteiger partial charge in [0.15, 0.2) is 5.03 Å². The van der Waals surface area contributed by atoms with E-state index in [1.54, 1.807) is 20.8 Å². The highest BCUT2D eigenvalue weighted by molar-refractivity contribution is 7.89. The zero-order valence-electron chi connectivity index (χ0n) is 11.1. The number of carbonyl (C=O) groups excluding carboxylic acids is 1. The molecule has 0 radical (unpaired) electrons. The number of esters is 1. The van der Waals surface area contributed by atoms with Crippen LogP contribution < -0.4 is 10.5 Å². The van der Waals surface area contributed by atoms with Crippen molar-refractivity contribution >= 4 is 16.0 Å². The Labute approximate surface area is 111 Å². The van der Waals surface area contributed by atoms with Gasteiger partial charge >= 0.3 is 5.97 Å². The van der Waals surface area contributed by atoms with Crippen molar-refractivity contribution in [3.8, 4) is 0 Å². The first kappa shape index (κ1) is 15.6. The first-order valence-electron chi connectivity index (χ1n) is 5.68. The summed E-state index contributed by atoms with van der Waals surface area (Å²) in [7, 11) is -3.93. The highest BCUT2D eigenvalue weighted by Gasteiger charge is 2.30. The molecule has 0 spiro atoms. The van der Waals surface area contributed by atoms with Gasteiger partial charge in [0.25, 0.3) is 10.0 Å². The summed E-state index contributed by atoms with van der Waals surface area (Å²) < 4.78 is 31.5. The molecule has 8 nitrogen and oxygen atoms in total. The second kappa shape index (κ2) is 5.68. The highest BCUT2D eigenvalue weighted by Crippen LogP contribution is 2.15. The summed E-state index contributed by atoms with van der Waals surface area (Å²) in [4.78, 5) is 11.6. The van der Waals surface area contributed by atoms with Gasteiger partial charge in [0.05, 0.1) is 12.8 Å². The van der Waals surface area contributed by atoms with Crippen molar-refractivity contribution in [2.24, 2.45) is 5.73 Å². The molecule has 0 saturated heterocycles. The lowest BCUT2D eigenvalue weighted by Crippen LogP contribution is -2.49. The van der Waals surface area contributed by atoms with Crippen LogP contribution in [0.2, 0.25) is 0 Å². The number of H-pyrrole nitrogens is 1. The van der Waals surface area contributed by atoms with Crippen LogP contribution in [0.4, 0.5) is 0 Å². The minimum atomic E-state index is -3.93. The summed E-state index contributed by atoms with van der Waals surface area (Å²) >= 11 is 0. The summed E-state index contributed by atoms with van der Waals surface area (Å²) in [5.74, 6) is -0.748. The molecule has 0 aliphatic carbocycles. The first-order valence-corrected chi connectivity index (χ1v) is 7.16. The highest BCUT2D eigenvalue weighted by atomic mass is 32.2. The minimum Gasteiger partial charge on any atom is -0.462 e. The summed E-state index contributed by atoms with van der Waals surface area (Å²) in [6, 6.07) is 0. The smallest absolute Gasteiger partial charge is 0.342 e. The molecule has 0 saturated carbocycles. The summed E-state index contributed by atoms with van der Waals surface area (Å²) in [6.07, 6.45) is 1.11. The summed E-state index contributed by atoms with van der Waals surface area (Å²) in [5, 5.41) is 5.53. The van der Waals surface area contributed by atoms with Crippen LogP contribution in [0.1, 0.15) is 31.1 Å². The Morgan fingerprint density at radius 2 is 2.21 bits per heavy atom. The largest absolute Gasteiger partial charge is 0.462 e. The van der Waals surface area contributed by atoms with Crippen molar-refractivity contribution in [3.63, 3.8) is 0 Å². The molecular weight excluding hydrogens is 272 g/mol. The van der Waals surface area contributed by atoms with Crippen molar-refractivity contribution in [2.45, 2.75) is 31.3 Å². The molecule has 0 aliphatic heterocycles. The second-order valence-electron chi connectivity index (χ2n) is 4.53. The Morgan fingerprint density at radius 3 is 2.74 bits per heavy atom. The van der Waals surface area contributed by atoms with Gasteiger partial charge in [-0.3, -0.25) is 5.10 Å². The fourth-order valence-electron chi connectivity index (χ4n) is 1.29. The van der Waals surface area contributed by atoms with Gasteiger partial charge in [0.1, 0.15) is 5.56 Å². The second-order valence-corrected chi connectivity index (χ2v) is 6.15. The predicted molar refractivity (Wildman–Crippen MR) is 68.0 cm³/mol. The standard InChI is InChI=1S/C10H18N4O4S/c1-4-18-9(15)7-5-12-13-8(7)19(16,17)14-10(2,3)6-11/h5,14H,4,6,11H2,1-3H3,(H,12,13). The third-order valence-corrected chi connectivity index (χ3v) is 3.96. The SMILES string of the molecule is CCOC(=O)c1cn[nH]c1S(=O)(=O)NC(C)(C)CN. The average molecular weight is 290 g/mol. The maximum absolute atomic E-state index is 12.2. The van der Waals surface area contributed by atoms with Gasteiger partial charge in [-0.15, -0.1) is 0 Å². The molecule has 0 bridgehead atoms. The Bertz CT molecular complexity index is 550. The number of nitrogens with one attached hydrogen (secondary N) is 2. The molecule has 1 aromatic heterocycles. The van der Waals surface area contributed by atoms with Gasteiger partial charge in [-0.2, -0.15) is 5.10 Å². The number of carbonyl (C=O) groups is 1. The average Bonchev–Trinajstić information content (AvgIpc) is 2.77. The molecule has 4 N–H and O–H groups in total. The van der Waals surface area contributed by atoms with Crippen molar-refractivity contribution in [2.75, 3.05) is 13.2 Å². The molecule has 0 unspecified atom stereocenters. The van der Waals surface area contributed by atoms with Crippen LogP contribution in [0.5, 0.6) is 0 Å². The van der Waals surface area contributed by atoms with Crippen LogP contribution in [0.3, 0.4) is 0 Å². The van der Waals surface area contributed by atoms with E-state index >= 15 is 0 Å². The Morgan fingerprint density at radius 1 is 1.58 bits per heavy atom. The number of aromatic nitrogens is 2. The van der Waals surface area contributed by atoms with Crippen LogP contribution in [0.25, 0.3) is 0 Å². The quantitative estimate of drug-likeness (QED) is 0.612. The molecule has 1 heterocycles. The van der Waals surface area contributed by atoms with Crippen LogP contribution in [-0.2, 0) is 14.8 Å². The molecular formula is C10H18N4O4S. The fourth-order valence-corrected chi connectivity index (χ4v) is 2.80. The van der Waals surface area contributed by atoms with E-state index in [1.807, 2.05) is 0 Å². The lowest BCUT2D eigenvalue weighted by Gasteiger charge is -2.23. The zero-order valence-corrected chi connectivity index (χ0v) is 11.9. The van der Waals surface area contributed by atoms with Crippen molar-refractivity contribution in [3.05, 3.63) is 11.8 Å². The number of ether oxygens (including phenoxy) is 1. The van der Waals surface area contributed by atoms with Gasteiger partial charge < -0.3 is 10.5 Å². The van der Waals surface area contributed by atoms with Gasteiger partial charge in [-0.1, -0.05) is 0 Å². The van der Waals surface area contributed by atoms with E-state index in [0.29, 0.717) is 0 Å². The first-order chi connectivity index (χ1) is 8.73. The number of hydrogen-bond donors (Lipinski definition) is 3. The van der Waals surface area contributed by atoms with Crippen molar-refractivity contribution in [1.29, 1.82) is 0 Å². The van der Waals surface area contributed by atoms with Gasteiger partial charge in [0, 0.05) is 12.1 Å². The van der Waals surface area contributed by atoms with Crippen LogP contribution in [-0.4, -0.2) is 43.3 Å². The molecule has 0 atom stereocenters. The lowest BCUT2D eigenvalue weighted by molar-refractivity contribution is 0.0521. The van der Waals surface area contributed by atoms with Crippen molar-refractivity contribution in [1.82, 2.24) is 14.9 Å². The van der Waals surface area contributed by atoms with E-state index in [1.165, 1.54) is 0 Å². The van der Waals surface area contributed by atoms with Crippen molar-refractivity contribution < 1.29 is 17.9 Å². The van der Waals surface area contributed by atoms with E-state index in [-0.39, 0.29) is 23.7 Å². The number of aromatic amines is 1. The number of hydrogen-bond acceptors (Lipinski definition) is 6. The Hall–Kier alpha value is -1.45. The van der Waals surface area contributed by atoms with E-state index in [4.69, 9.17) is 10.5 Å². The van der Waals surface area contributed by atoms with Gasteiger partial charge in [0.2, 0.25) is 0 Å².